The molecule has 2 aliphatic rings. The molecule has 0 aromatic heterocycles. The summed E-state index contributed by atoms with van der Waals surface area (Å²) in [6.45, 7) is 0.596. The molecule has 1 saturated carbocycles. The van der Waals surface area contributed by atoms with Crippen LogP contribution in [0.5, 0.6) is 11.5 Å². The highest BCUT2D eigenvalue weighted by atomic mass is 35.5. The zero-order valence-electron chi connectivity index (χ0n) is 12.6. The summed E-state index contributed by atoms with van der Waals surface area (Å²) in [6.07, 6.45) is 7.53. The summed E-state index contributed by atoms with van der Waals surface area (Å²) in [5.74, 6) is 2.04. The van der Waals surface area contributed by atoms with Crippen molar-refractivity contribution in [2.75, 3.05) is 13.7 Å². The zero-order chi connectivity index (χ0) is 14.7. The number of hydrogen-bond acceptors (Lipinski definition) is 3. The molecule has 1 spiro atoms. The Morgan fingerprint density at radius 3 is 2.81 bits per heavy atom. The molecule has 0 N–H and O–H groups in total. The molecule has 116 valence electrons. The number of benzene rings is 1. The smallest absolute Gasteiger partial charge is 0.127 e. The van der Waals surface area contributed by atoms with E-state index in [0.717, 1.165) is 23.5 Å². The quantitative estimate of drug-likeness (QED) is 0.759. The predicted molar refractivity (Wildman–Crippen MR) is 83.4 cm³/mol. The van der Waals surface area contributed by atoms with Crippen molar-refractivity contribution in [3.8, 4) is 11.5 Å². The highest BCUT2D eigenvalue weighted by Crippen LogP contribution is 2.43. The molecule has 1 aliphatic carbocycles. The van der Waals surface area contributed by atoms with Crippen molar-refractivity contribution in [2.45, 2.75) is 56.1 Å². The van der Waals surface area contributed by atoms with Gasteiger partial charge in [-0.1, -0.05) is 18.9 Å². The molecule has 0 bridgehead atoms. The van der Waals surface area contributed by atoms with Crippen LogP contribution in [0, 0.1) is 0 Å². The molecule has 1 saturated heterocycles. The number of rotatable bonds is 5. The molecule has 3 nitrogen and oxygen atoms in total. The van der Waals surface area contributed by atoms with E-state index in [1.165, 1.54) is 32.1 Å². The zero-order valence-corrected chi connectivity index (χ0v) is 13.3. The van der Waals surface area contributed by atoms with Gasteiger partial charge >= 0.3 is 0 Å². The molecule has 0 amide bonds. The Balaban J connectivity index is 1.60. The Morgan fingerprint density at radius 1 is 1.29 bits per heavy atom. The third-order valence-electron chi connectivity index (χ3n) is 4.70. The normalized spacial score (nSPS) is 23.6. The maximum atomic E-state index is 6.27. The topological polar surface area (TPSA) is 27.7 Å². The van der Waals surface area contributed by atoms with Gasteiger partial charge in [0.15, 0.2) is 0 Å². The lowest BCUT2D eigenvalue weighted by atomic mass is 9.98. The van der Waals surface area contributed by atoms with Crippen LogP contribution in [0.15, 0.2) is 18.2 Å². The number of ether oxygens (including phenoxy) is 3. The summed E-state index contributed by atoms with van der Waals surface area (Å²) in [7, 11) is 1.66. The maximum Gasteiger partial charge on any atom is 0.127 e. The van der Waals surface area contributed by atoms with Gasteiger partial charge in [-0.25, -0.2) is 0 Å². The Labute approximate surface area is 131 Å². The summed E-state index contributed by atoms with van der Waals surface area (Å²) >= 11 is 5.97. The average molecular weight is 311 g/mol. The first kappa shape index (κ1) is 15.0. The third-order valence-corrected chi connectivity index (χ3v) is 4.98. The van der Waals surface area contributed by atoms with Crippen molar-refractivity contribution in [1.82, 2.24) is 0 Å². The third kappa shape index (κ3) is 3.29. The van der Waals surface area contributed by atoms with E-state index in [2.05, 4.69) is 0 Å². The first-order valence-electron chi connectivity index (χ1n) is 7.78. The summed E-state index contributed by atoms with van der Waals surface area (Å²) in [5, 5.41) is 0. The van der Waals surface area contributed by atoms with Crippen LogP contribution in [-0.2, 0) is 10.6 Å². The molecule has 3 rings (SSSR count). The monoisotopic (exact) mass is 310 g/mol. The van der Waals surface area contributed by atoms with E-state index in [9.17, 15) is 0 Å². The molecule has 1 aromatic carbocycles. The number of alkyl halides is 1. The molecule has 2 fully saturated rings. The largest absolute Gasteiger partial charge is 0.497 e. The first-order chi connectivity index (χ1) is 10.2. The standard InChI is InChI=1S/C17H23ClO3/c1-19-14-5-4-13(11-18)16(10-14)20-12-15-6-9-17(21-15)7-2-3-8-17/h4-5,10,15H,2-3,6-9,11-12H2,1H3. The van der Waals surface area contributed by atoms with E-state index >= 15 is 0 Å². The van der Waals surface area contributed by atoms with Gasteiger partial charge in [-0.2, -0.15) is 0 Å². The van der Waals surface area contributed by atoms with Crippen LogP contribution in [0.1, 0.15) is 44.1 Å². The lowest BCUT2D eigenvalue weighted by Crippen LogP contribution is -2.27. The second-order valence-corrected chi connectivity index (χ2v) is 6.35. The molecule has 1 unspecified atom stereocenters. The SMILES string of the molecule is COc1ccc(CCl)c(OCC2CCC3(CCCC3)O2)c1. The van der Waals surface area contributed by atoms with Gasteiger partial charge in [0.1, 0.15) is 18.1 Å². The lowest BCUT2D eigenvalue weighted by molar-refractivity contribution is -0.0509. The fourth-order valence-corrected chi connectivity index (χ4v) is 3.71. The molecule has 1 heterocycles. The van der Waals surface area contributed by atoms with E-state index in [-0.39, 0.29) is 11.7 Å². The summed E-state index contributed by atoms with van der Waals surface area (Å²) in [5.41, 5.74) is 1.16. The summed E-state index contributed by atoms with van der Waals surface area (Å²) in [6, 6.07) is 5.76. The Kier molecular flexibility index (Phi) is 4.60. The number of hydrogen-bond donors (Lipinski definition) is 0. The highest BCUT2D eigenvalue weighted by Gasteiger charge is 2.42. The molecule has 4 heteroatoms. The van der Waals surface area contributed by atoms with Gasteiger partial charge in [-0.15, -0.1) is 11.6 Å². The van der Waals surface area contributed by atoms with Crippen LogP contribution in [0.4, 0.5) is 0 Å². The van der Waals surface area contributed by atoms with Crippen LogP contribution in [0.3, 0.4) is 0 Å². The van der Waals surface area contributed by atoms with Crippen molar-refractivity contribution in [3.05, 3.63) is 23.8 Å². The minimum absolute atomic E-state index is 0.164. The number of halogens is 1. The minimum Gasteiger partial charge on any atom is -0.497 e. The van der Waals surface area contributed by atoms with E-state index in [1.807, 2.05) is 18.2 Å². The van der Waals surface area contributed by atoms with Gasteiger partial charge in [0.25, 0.3) is 0 Å². The first-order valence-corrected chi connectivity index (χ1v) is 8.32. The second-order valence-electron chi connectivity index (χ2n) is 6.09. The summed E-state index contributed by atoms with van der Waals surface area (Å²) in [4.78, 5) is 0. The van der Waals surface area contributed by atoms with Gasteiger partial charge in [-0.05, 0) is 31.7 Å². The van der Waals surface area contributed by atoms with Crippen LogP contribution >= 0.6 is 11.6 Å². The van der Waals surface area contributed by atoms with Crippen LogP contribution in [0.25, 0.3) is 0 Å². The molecule has 1 aromatic rings. The lowest BCUT2D eigenvalue weighted by Gasteiger charge is -2.24. The van der Waals surface area contributed by atoms with Gasteiger partial charge in [0.2, 0.25) is 0 Å². The van der Waals surface area contributed by atoms with Crippen molar-refractivity contribution < 1.29 is 14.2 Å². The Hall–Kier alpha value is -0.930. The van der Waals surface area contributed by atoms with Crippen LogP contribution in [-0.4, -0.2) is 25.4 Å². The van der Waals surface area contributed by atoms with Gasteiger partial charge in [0, 0.05) is 11.6 Å². The second kappa shape index (κ2) is 6.45. The minimum atomic E-state index is 0.164. The number of methoxy groups -OCH3 is 1. The predicted octanol–water partition coefficient (Wildman–Crippen LogP) is 4.30. The van der Waals surface area contributed by atoms with Gasteiger partial charge < -0.3 is 14.2 Å². The van der Waals surface area contributed by atoms with Crippen molar-refractivity contribution >= 4 is 11.6 Å². The van der Waals surface area contributed by atoms with Gasteiger partial charge in [-0.3, -0.25) is 0 Å². The molecule has 21 heavy (non-hydrogen) atoms. The average Bonchev–Trinajstić information content (AvgIpc) is 3.15. The molecule has 1 atom stereocenters. The fourth-order valence-electron chi connectivity index (χ4n) is 3.49. The molecule has 0 radical (unpaired) electrons. The van der Waals surface area contributed by atoms with Crippen molar-refractivity contribution in [1.29, 1.82) is 0 Å². The van der Waals surface area contributed by atoms with Crippen molar-refractivity contribution in [3.63, 3.8) is 0 Å². The van der Waals surface area contributed by atoms with Crippen molar-refractivity contribution in [2.24, 2.45) is 0 Å². The van der Waals surface area contributed by atoms with E-state index < -0.39 is 0 Å². The fraction of sp³-hybridized carbons (Fsp3) is 0.647. The van der Waals surface area contributed by atoms with Crippen LogP contribution < -0.4 is 9.47 Å². The molecule has 1 aliphatic heterocycles. The van der Waals surface area contributed by atoms with E-state index in [4.69, 9.17) is 25.8 Å². The maximum absolute atomic E-state index is 6.27. The van der Waals surface area contributed by atoms with E-state index in [0.29, 0.717) is 12.5 Å². The molecular weight excluding hydrogens is 288 g/mol. The van der Waals surface area contributed by atoms with Crippen LogP contribution in [0.2, 0.25) is 0 Å². The Morgan fingerprint density at radius 2 is 2.10 bits per heavy atom. The molecular formula is C17H23ClO3. The highest BCUT2D eigenvalue weighted by molar-refractivity contribution is 6.17. The Bertz CT molecular complexity index is 483. The van der Waals surface area contributed by atoms with E-state index in [1.54, 1.807) is 7.11 Å². The van der Waals surface area contributed by atoms with Gasteiger partial charge in [0.05, 0.1) is 24.7 Å². The summed E-state index contributed by atoms with van der Waals surface area (Å²) < 4.78 is 17.5.